The van der Waals surface area contributed by atoms with E-state index in [1.807, 2.05) is 11.8 Å². The van der Waals surface area contributed by atoms with Crippen LogP contribution in [0.1, 0.15) is 36.5 Å². The fraction of sp³-hybridized carbons (Fsp3) is 0.500. The smallest absolute Gasteiger partial charge is 0.338 e. The number of esters is 1. The van der Waals surface area contributed by atoms with Crippen LogP contribution in [0.25, 0.3) is 0 Å². The summed E-state index contributed by atoms with van der Waals surface area (Å²) in [6.45, 7) is 3.08. The maximum Gasteiger partial charge on any atom is 0.338 e. The second-order valence-electron chi connectivity index (χ2n) is 6.36. The number of nitro groups is 1. The average molecular weight is 392 g/mol. The van der Waals surface area contributed by atoms with E-state index in [0.717, 1.165) is 38.4 Å². The minimum absolute atomic E-state index is 0.0110. The van der Waals surface area contributed by atoms with Gasteiger partial charge in [0.1, 0.15) is 5.69 Å². The molecular weight excluding hydrogens is 368 g/mol. The number of nitrogens with zero attached hydrogens (tertiary/aromatic N) is 2. The number of nitrogens with one attached hydrogen (secondary N) is 2. The first kappa shape index (κ1) is 21.1. The Hall–Kier alpha value is -3.17. The van der Waals surface area contributed by atoms with E-state index in [1.54, 1.807) is 0 Å². The Morgan fingerprint density at radius 3 is 2.54 bits per heavy atom. The third kappa shape index (κ3) is 5.93. The monoisotopic (exact) mass is 392 g/mol. The molecule has 1 aromatic rings. The molecule has 0 unspecified atom stereocenters. The zero-order chi connectivity index (χ0) is 20.5. The van der Waals surface area contributed by atoms with Gasteiger partial charge in [0.05, 0.1) is 17.0 Å². The van der Waals surface area contributed by atoms with Crippen molar-refractivity contribution >= 4 is 29.2 Å². The molecule has 1 aromatic carbocycles. The molecule has 152 valence electrons. The number of hydrogen-bond donors (Lipinski definition) is 2. The van der Waals surface area contributed by atoms with Crippen LogP contribution in [0.2, 0.25) is 0 Å². The quantitative estimate of drug-likeness (QED) is 0.364. The van der Waals surface area contributed by atoms with E-state index in [4.69, 9.17) is 4.74 Å². The lowest BCUT2D eigenvalue weighted by Gasteiger charge is -2.17. The Morgan fingerprint density at radius 2 is 1.89 bits per heavy atom. The first-order valence-electron chi connectivity index (χ1n) is 9.16. The minimum atomic E-state index is -0.846. The molecule has 28 heavy (non-hydrogen) atoms. The zero-order valence-electron chi connectivity index (χ0n) is 15.7. The molecule has 0 spiro atoms. The predicted molar refractivity (Wildman–Crippen MR) is 101 cm³/mol. The highest BCUT2D eigenvalue weighted by Gasteiger charge is 2.24. The van der Waals surface area contributed by atoms with E-state index in [2.05, 4.69) is 10.6 Å². The lowest BCUT2D eigenvalue weighted by atomic mass is 10.1. The third-order valence-corrected chi connectivity index (χ3v) is 4.21. The Labute approximate surface area is 162 Å². The van der Waals surface area contributed by atoms with Crippen LogP contribution in [0, 0.1) is 10.1 Å². The SMILES string of the molecule is CCCNC(=O)CNC(=O)COC(=O)c1ccc(N2CCCC2)c([N+](=O)[O-])c1. The number of hydrogen-bond acceptors (Lipinski definition) is 7. The molecule has 10 nitrogen and oxygen atoms in total. The lowest BCUT2D eigenvalue weighted by molar-refractivity contribution is -0.384. The van der Waals surface area contributed by atoms with Gasteiger partial charge in [0, 0.05) is 25.7 Å². The van der Waals surface area contributed by atoms with Crippen molar-refractivity contribution in [3.63, 3.8) is 0 Å². The highest BCUT2D eigenvalue weighted by molar-refractivity contribution is 5.93. The van der Waals surface area contributed by atoms with Crippen molar-refractivity contribution in [3.05, 3.63) is 33.9 Å². The van der Waals surface area contributed by atoms with Crippen LogP contribution in [0.5, 0.6) is 0 Å². The van der Waals surface area contributed by atoms with Crippen LogP contribution in [0.15, 0.2) is 18.2 Å². The number of nitro benzene ring substituents is 1. The van der Waals surface area contributed by atoms with Crippen LogP contribution in [0.4, 0.5) is 11.4 Å². The van der Waals surface area contributed by atoms with E-state index in [9.17, 15) is 24.5 Å². The molecule has 1 fully saturated rings. The first-order chi connectivity index (χ1) is 13.4. The van der Waals surface area contributed by atoms with Gasteiger partial charge in [-0.25, -0.2) is 4.79 Å². The Balaban J connectivity index is 1.91. The number of carbonyl (C=O) groups excluding carboxylic acids is 3. The molecular formula is C18H24N4O6. The van der Waals surface area contributed by atoms with Gasteiger partial charge in [0.15, 0.2) is 6.61 Å². The molecule has 0 aliphatic carbocycles. The van der Waals surface area contributed by atoms with Crippen molar-refractivity contribution in [1.82, 2.24) is 10.6 Å². The number of benzene rings is 1. The van der Waals surface area contributed by atoms with Crippen molar-refractivity contribution < 1.29 is 24.0 Å². The molecule has 1 heterocycles. The van der Waals surface area contributed by atoms with Gasteiger partial charge in [0.2, 0.25) is 5.91 Å². The van der Waals surface area contributed by atoms with Crippen molar-refractivity contribution in [1.29, 1.82) is 0 Å². The summed E-state index contributed by atoms with van der Waals surface area (Å²) in [5.41, 5.74) is 0.284. The fourth-order valence-electron chi connectivity index (χ4n) is 2.79. The Bertz CT molecular complexity index is 746. The van der Waals surface area contributed by atoms with Crippen molar-refractivity contribution in [2.45, 2.75) is 26.2 Å². The van der Waals surface area contributed by atoms with Crippen LogP contribution in [-0.4, -0.2) is 55.5 Å². The molecule has 1 aliphatic heterocycles. The van der Waals surface area contributed by atoms with E-state index in [1.165, 1.54) is 12.1 Å². The average Bonchev–Trinajstić information content (AvgIpc) is 3.22. The molecule has 0 aromatic heterocycles. The van der Waals surface area contributed by atoms with Gasteiger partial charge in [0.25, 0.3) is 11.6 Å². The van der Waals surface area contributed by atoms with Crippen LogP contribution in [0.3, 0.4) is 0 Å². The van der Waals surface area contributed by atoms with Gasteiger partial charge in [-0.05, 0) is 31.4 Å². The summed E-state index contributed by atoms with van der Waals surface area (Å²) < 4.78 is 4.88. The lowest BCUT2D eigenvalue weighted by Crippen LogP contribution is -2.38. The second-order valence-corrected chi connectivity index (χ2v) is 6.36. The van der Waals surface area contributed by atoms with E-state index < -0.39 is 23.4 Å². The number of carbonyl (C=O) groups is 3. The molecule has 0 radical (unpaired) electrons. The van der Waals surface area contributed by atoms with Gasteiger partial charge in [-0.1, -0.05) is 6.92 Å². The third-order valence-electron chi connectivity index (χ3n) is 4.21. The molecule has 1 aliphatic rings. The van der Waals surface area contributed by atoms with Gasteiger partial charge in [-0.3, -0.25) is 19.7 Å². The summed E-state index contributed by atoms with van der Waals surface area (Å²) in [7, 11) is 0. The van der Waals surface area contributed by atoms with Gasteiger partial charge in [-0.15, -0.1) is 0 Å². The molecule has 1 saturated heterocycles. The summed E-state index contributed by atoms with van der Waals surface area (Å²) >= 11 is 0. The second kappa shape index (κ2) is 10.2. The van der Waals surface area contributed by atoms with E-state index in [0.29, 0.717) is 12.2 Å². The van der Waals surface area contributed by atoms with Crippen LogP contribution >= 0.6 is 0 Å². The van der Waals surface area contributed by atoms with Gasteiger partial charge >= 0.3 is 5.97 Å². The minimum Gasteiger partial charge on any atom is -0.452 e. The fourth-order valence-corrected chi connectivity index (χ4v) is 2.79. The number of ether oxygens (including phenoxy) is 1. The van der Waals surface area contributed by atoms with Gasteiger partial charge < -0.3 is 20.3 Å². The predicted octanol–water partition coefficient (Wildman–Crippen LogP) is 0.994. The summed E-state index contributed by atoms with van der Waals surface area (Å²) in [5, 5.41) is 16.3. The summed E-state index contributed by atoms with van der Waals surface area (Å²) in [6, 6.07) is 4.13. The van der Waals surface area contributed by atoms with Crippen molar-refractivity contribution in [2.75, 3.05) is 37.7 Å². The molecule has 0 saturated carbocycles. The van der Waals surface area contributed by atoms with E-state index >= 15 is 0 Å². The maximum absolute atomic E-state index is 12.1. The van der Waals surface area contributed by atoms with E-state index in [-0.39, 0.29) is 23.7 Å². The number of anilines is 1. The molecule has 0 atom stereocenters. The normalized spacial score (nSPS) is 13.1. The topological polar surface area (TPSA) is 131 Å². The summed E-state index contributed by atoms with van der Waals surface area (Å²) in [6.07, 6.45) is 2.71. The summed E-state index contributed by atoms with van der Waals surface area (Å²) in [5.74, 6) is -1.82. The van der Waals surface area contributed by atoms with Gasteiger partial charge in [-0.2, -0.15) is 0 Å². The maximum atomic E-state index is 12.1. The number of rotatable bonds is 9. The van der Waals surface area contributed by atoms with Crippen LogP contribution < -0.4 is 15.5 Å². The summed E-state index contributed by atoms with van der Waals surface area (Å²) in [4.78, 5) is 47.9. The zero-order valence-corrected chi connectivity index (χ0v) is 15.7. The largest absolute Gasteiger partial charge is 0.452 e. The van der Waals surface area contributed by atoms with Crippen molar-refractivity contribution in [3.8, 4) is 0 Å². The standard InChI is InChI=1S/C18H24N4O6/c1-2-7-19-16(23)11-20-17(24)12-28-18(25)13-5-6-14(15(10-13)22(26)27)21-8-3-4-9-21/h5-6,10H,2-4,7-9,11-12H2,1H3,(H,19,23)(H,20,24). The molecule has 2 rings (SSSR count). The highest BCUT2D eigenvalue weighted by Crippen LogP contribution is 2.31. The van der Waals surface area contributed by atoms with Crippen LogP contribution in [-0.2, 0) is 14.3 Å². The highest BCUT2D eigenvalue weighted by atomic mass is 16.6. The molecule has 0 bridgehead atoms. The Morgan fingerprint density at radius 1 is 1.18 bits per heavy atom. The number of amides is 2. The molecule has 2 amide bonds. The molecule has 10 heteroatoms. The molecule has 2 N–H and O–H groups in total. The Kier molecular flexibility index (Phi) is 7.73. The van der Waals surface area contributed by atoms with Crippen molar-refractivity contribution in [2.24, 2.45) is 0 Å². The first-order valence-corrected chi connectivity index (χ1v) is 9.16.